The molecule has 270 valence electrons. The topological polar surface area (TPSA) is 49.3 Å². The van der Waals surface area contributed by atoms with Crippen molar-refractivity contribution in [3.63, 3.8) is 0 Å². The number of hydrogen-bond donors (Lipinski definition) is 0. The summed E-state index contributed by atoms with van der Waals surface area (Å²) in [6.07, 6.45) is 2.02. The van der Waals surface area contributed by atoms with Gasteiger partial charge in [0.1, 0.15) is 17.1 Å². The number of hydrogen-bond acceptors (Lipinski definition) is 3. The van der Waals surface area contributed by atoms with Crippen LogP contribution in [-0.2, 0) is 0 Å². The van der Waals surface area contributed by atoms with E-state index >= 15 is 0 Å². The van der Waals surface area contributed by atoms with E-state index in [2.05, 4.69) is 182 Å². The van der Waals surface area contributed by atoms with Gasteiger partial charge in [-0.2, -0.15) is 0 Å². The Morgan fingerprint density at radius 2 is 1.09 bits per heavy atom. The molecule has 0 radical (unpaired) electrons. The van der Waals surface area contributed by atoms with Crippen LogP contribution in [0, 0.1) is 0 Å². The number of aromatic nitrogens is 5. The van der Waals surface area contributed by atoms with E-state index in [0.29, 0.717) is 17.8 Å². The van der Waals surface area contributed by atoms with Crippen LogP contribution in [-0.4, -0.2) is 23.5 Å². The second kappa shape index (κ2) is 12.6. The fraction of sp³-hybridized carbons (Fsp3) is 0.184. The second-order valence-electron chi connectivity index (χ2n) is 15.7. The summed E-state index contributed by atoms with van der Waals surface area (Å²) in [4.78, 5) is 10.4. The minimum atomic E-state index is 0.320. The van der Waals surface area contributed by atoms with Crippen molar-refractivity contribution in [2.75, 3.05) is 0 Å². The first-order valence-corrected chi connectivity index (χ1v) is 19.4. The van der Waals surface area contributed by atoms with E-state index in [1.807, 2.05) is 6.20 Å². The Hall–Kier alpha value is -6.40. The van der Waals surface area contributed by atoms with Crippen molar-refractivity contribution in [3.05, 3.63) is 150 Å². The minimum Gasteiger partial charge on any atom is -0.457 e. The van der Waals surface area contributed by atoms with Gasteiger partial charge in [-0.05, 0) is 88.9 Å². The van der Waals surface area contributed by atoms with Crippen LogP contribution >= 0.6 is 0 Å². The molecule has 55 heavy (non-hydrogen) atoms. The van der Waals surface area contributed by atoms with Gasteiger partial charge in [-0.15, -0.1) is 0 Å². The zero-order valence-corrected chi connectivity index (χ0v) is 32.1. The SMILES string of the molecule is CC(C)c1cccc(C(C)C)c1-n1c(-n2c3ccccc3c3ccc(Oc4ccc5c6ccccc6n6c(C(C)C)cnc6c5c4)cc32)nc2ccccc21. The first-order valence-electron chi connectivity index (χ1n) is 19.4. The largest absolute Gasteiger partial charge is 0.457 e. The maximum atomic E-state index is 6.79. The molecule has 0 spiro atoms. The van der Waals surface area contributed by atoms with Gasteiger partial charge < -0.3 is 4.74 Å². The number of rotatable bonds is 7. The molecule has 0 aliphatic heterocycles. The molecule has 10 aromatic rings. The van der Waals surface area contributed by atoms with Crippen LogP contribution in [0.25, 0.3) is 71.8 Å². The molecule has 0 saturated carbocycles. The zero-order valence-electron chi connectivity index (χ0n) is 32.1. The third-order valence-corrected chi connectivity index (χ3v) is 11.2. The van der Waals surface area contributed by atoms with Crippen LogP contribution < -0.4 is 4.74 Å². The van der Waals surface area contributed by atoms with Gasteiger partial charge in [0.25, 0.3) is 0 Å². The molecule has 0 amide bonds. The summed E-state index contributed by atoms with van der Waals surface area (Å²) >= 11 is 0. The van der Waals surface area contributed by atoms with Crippen molar-refractivity contribution in [1.82, 2.24) is 23.5 Å². The number of ether oxygens (including phenoxy) is 1. The number of fused-ring (bicyclic) bond motifs is 10. The van der Waals surface area contributed by atoms with Crippen molar-refractivity contribution < 1.29 is 4.74 Å². The molecule has 6 heteroatoms. The maximum Gasteiger partial charge on any atom is 0.220 e. The second-order valence-corrected chi connectivity index (χ2v) is 15.7. The number of imidazole rings is 2. The highest BCUT2D eigenvalue weighted by Gasteiger charge is 2.25. The summed E-state index contributed by atoms with van der Waals surface area (Å²) in [6, 6.07) is 45.3. The minimum absolute atomic E-state index is 0.320. The van der Waals surface area contributed by atoms with Crippen molar-refractivity contribution >= 4 is 60.2 Å². The van der Waals surface area contributed by atoms with Crippen LogP contribution in [0.15, 0.2) is 134 Å². The van der Waals surface area contributed by atoms with Gasteiger partial charge in [-0.25, -0.2) is 9.97 Å². The molecule has 4 aromatic heterocycles. The highest BCUT2D eigenvalue weighted by atomic mass is 16.5. The van der Waals surface area contributed by atoms with E-state index in [-0.39, 0.29) is 0 Å². The Balaban J connectivity index is 1.19. The van der Waals surface area contributed by atoms with Crippen molar-refractivity contribution in [2.45, 2.75) is 59.3 Å². The van der Waals surface area contributed by atoms with Gasteiger partial charge in [-0.3, -0.25) is 13.5 Å². The van der Waals surface area contributed by atoms with E-state index in [9.17, 15) is 0 Å². The van der Waals surface area contributed by atoms with Gasteiger partial charge in [-0.1, -0.05) is 108 Å². The van der Waals surface area contributed by atoms with E-state index in [1.54, 1.807) is 0 Å². The molecule has 0 fully saturated rings. The first kappa shape index (κ1) is 33.2. The maximum absolute atomic E-state index is 6.79. The molecule has 0 unspecified atom stereocenters. The van der Waals surface area contributed by atoms with Crippen LogP contribution in [0.4, 0.5) is 0 Å². The summed E-state index contributed by atoms with van der Waals surface area (Å²) in [7, 11) is 0. The van der Waals surface area contributed by atoms with Crippen LogP contribution in [0.3, 0.4) is 0 Å². The first-order chi connectivity index (χ1) is 26.8. The lowest BCUT2D eigenvalue weighted by molar-refractivity contribution is 0.484. The molecule has 0 aliphatic rings. The summed E-state index contributed by atoms with van der Waals surface area (Å²) in [5.74, 6) is 3.35. The van der Waals surface area contributed by atoms with E-state index in [0.717, 1.165) is 61.3 Å². The monoisotopic (exact) mass is 717 g/mol. The number of pyridine rings is 1. The summed E-state index contributed by atoms with van der Waals surface area (Å²) < 4.78 is 13.8. The fourth-order valence-electron chi connectivity index (χ4n) is 8.64. The molecule has 4 heterocycles. The van der Waals surface area contributed by atoms with Gasteiger partial charge in [0.2, 0.25) is 5.95 Å². The van der Waals surface area contributed by atoms with Crippen molar-refractivity contribution in [3.8, 4) is 23.1 Å². The molecular formula is C49H43N5O. The Morgan fingerprint density at radius 3 is 1.80 bits per heavy atom. The van der Waals surface area contributed by atoms with Gasteiger partial charge in [0.15, 0.2) is 0 Å². The lowest BCUT2D eigenvalue weighted by Crippen LogP contribution is -2.11. The molecule has 10 rings (SSSR count). The van der Waals surface area contributed by atoms with E-state index in [4.69, 9.17) is 14.7 Å². The van der Waals surface area contributed by atoms with Crippen molar-refractivity contribution in [1.29, 1.82) is 0 Å². The number of benzene rings is 6. The number of nitrogens with zero attached hydrogens (tertiary/aromatic N) is 5. The van der Waals surface area contributed by atoms with Crippen LogP contribution in [0.1, 0.15) is 76.1 Å². The lowest BCUT2D eigenvalue weighted by atomic mass is 9.92. The van der Waals surface area contributed by atoms with Crippen molar-refractivity contribution in [2.24, 2.45) is 0 Å². The number of para-hydroxylation sites is 5. The van der Waals surface area contributed by atoms with E-state index in [1.165, 1.54) is 38.8 Å². The Morgan fingerprint density at radius 1 is 0.491 bits per heavy atom. The molecule has 0 saturated heterocycles. The highest BCUT2D eigenvalue weighted by Crippen LogP contribution is 2.41. The van der Waals surface area contributed by atoms with Crippen LogP contribution in [0.5, 0.6) is 11.5 Å². The zero-order chi connectivity index (χ0) is 37.5. The molecule has 6 aromatic carbocycles. The predicted octanol–water partition coefficient (Wildman–Crippen LogP) is 13.2. The molecule has 0 aliphatic carbocycles. The fourth-order valence-corrected chi connectivity index (χ4v) is 8.64. The Labute approximate surface area is 320 Å². The quantitative estimate of drug-likeness (QED) is 0.154. The lowest BCUT2D eigenvalue weighted by Gasteiger charge is -2.23. The third kappa shape index (κ3) is 5.08. The normalized spacial score (nSPS) is 12.3. The molecule has 6 nitrogen and oxygen atoms in total. The Bertz CT molecular complexity index is 3090. The smallest absolute Gasteiger partial charge is 0.220 e. The molecule has 0 N–H and O–H groups in total. The molecular weight excluding hydrogens is 675 g/mol. The van der Waals surface area contributed by atoms with E-state index < -0.39 is 0 Å². The summed E-state index contributed by atoms with van der Waals surface area (Å²) in [6.45, 7) is 13.6. The average molecular weight is 718 g/mol. The van der Waals surface area contributed by atoms with Gasteiger partial charge in [0, 0.05) is 39.5 Å². The Kier molecular flexibility index (Phi) is 7.60. The standard InChI is InChI=1S/C49H43N5O/c1-29(2)34-16-13-17-35(30(3)4)47(34)54-44-21-12-9-18-41(44)51-49(54)53-43-20-11-8-15-38(43)39-25-23-33(27-45(39)53)55-32-22-24-36-37-14-7-10-19-42(37)52-46(31(5)6)28-50-48(52)40(36)26-32/h7-31H,1-6H3. The molecule has 0 atom stereocenters. The van der Waals surface area contributed by atoms with Gasteiger partial charge >= 0.3 is 0 Å². The predicted molar refractivity (Wildman–Crippen MR) is 228 cm³/mol. The summed E-state index contributed by atoms with van der Waals surface area (Å²) in [5.41, 5.74) is 11.3. The molecule has 0 bridgehead atoms. The van der Waals surface area contributed by atoms with Crippen LogP contribution in [0.2, 0.25) is 0 Å². The highest BCUT2D eigenvalue weighted by molar-refractivity contribution is 6.12. The summed E-state index contributed by atoms with van der Waals surface area (Å²) in [5, 5.41) is 5.74. The van der Waals surface area contributed by atoms with Gasteiger partial charge in [0.05, 0.1) is 33.3 Å². The third-order valence-electron chi connectivity index (χ3n) is 11.2. The average Bonchev–Trinajstić information content (AvgIpc) is 3.90.